The lowest BCUT2D eigenvalue weighted by molar-refractivity contribution is -0.134. The number of likely N-dealkylation sites (N-methyl/N-ethyl adjacent to an activating group) is 1. The smallest absolute Gasteiger partial charge is 0.242 e. The van der Waals surface area contributed by atoms with Gasteiger partial charge in [0, 0.05) is 19.0 Å². The van der Waals surface area contributed by atoms with Gasteiger partial charge < -0.3 is 15.3 Å². The van der Waals surface area contributed by atoms with Crippen molar-refractivity contribution in [2.24, 2.45) is 5.92 Å². The van der Waals surface area contributed by atoms with Crippen LogP contribution in [0.25, 0.3) is 0 Å². The Morgan fingerprint density at radius 3 is 2.53 bits per heavy atom. The van der Waals surface area contributed by atoms with Crippen LogP contribution in [0.2, 0.25) is 0 Å². The number of nitrogens with one attached hydrogen (secondary N) is 1. The summed E-state index contributed by atoms with van der Waals surface area (Å²) >= 11 is 0. The Morgan fingerprint density at radius 2 is 2.00 bits per heavy atom. The van der Waals surface area contributed by atoms with Gasteiger partial charge in [-0.2, -0.15) is 0 Å². The molecule has 1 aliphatic carbocycles. The van der Waals surface area contributed by atoms with Gasteiger partial charge in [0.2, 0.25) is 11.8 Å². The molecule has 0 aliphatic heterocycles. The molecule has 0 radical (unpaired) electrons. The molecule has 0 bridgehead atoms. The molecule has 1 fully saturated rings. The first-order chi connectivity index (χ1) is 8.19. The lowest BCUT2D eigenvalue weighted by Crippen LogP contribution is -2.42. The van der Waals surface area contributed by atoms with E-state index in [9.17, 15) is 9.59 Å². The molecule has 98 valence electrons. The van der Waals surface area contributed by atoms with Gasteiger partial charge in [0.05, 0.1) is 13.2 Å². The zero-order chi connectivity index (χ0) is 12.7. The highest BCUT2D eigenvalue weighted by Crippen LogP contribution is 2.24. The third-order valence-electron chi connectivity index (χ3n) is 3.24. The summed E-state index contributed by atoms with van der Waals surface area (Å²) in [7, 11) is 0. The van der Waals surface area contributed by atoms with Crippen LogP contribution in [0.4, 0.5) is 0 Å². The quantitative estimate of drug-likeness (QED) is 0.696. The number of amides is 2. The number of hydrogen-bond donors (Lipinski definition) is 2. The van der Waals surface area contributed by atoms with Crippen molar-refractivity contribution in [3.8, 4) is 0 Å². The summed E-state index contributed by atoms with van der Waals surface area (Å²) in [4.78, 5) is 24.9. The van der Waals surface area contributed by atoms with E-state index in [1.807, 2.05) is 6.92 Å². The highest BCUT2D eigenvalue weighted by atomic mass is 16.3. The van der Waals surface area contributed by atoms with Crippen LogP contribution < -0.4 is 5.32 Å². The number of aliphatic hydroxyl groups excluding tert-OH is 1. The number of carbonyl (C=O) groups excluding carboxylic acids is 2. The van der Waals surface area contributed by atoms with Crippen molar-refractivity contribution >= 4 is 11.8 Å². The molecule has 2 amide bonds. The fourth-order valence-corrected chi connectivity index (χ4v) is 2.19. The standard InChI is InChI=1S/C12H22N2O3/c1-2-14(7-8-15)11(16)9-13-12(17)10-5-3-4-6-10/h10,15H,2-9H2,1H3,(H,13,17). The summed E-state index contributed by atoms with van der Waals surface area (Å²) in [6, 6.07) is 0. The lowest BCUT2D eigenvalue weighted by Gasteiger charge is -2.20. The number of aliphatic hydroxyl groups is 1. The minimum absolute atomic E-state index is 0.00379. The second-order valence-corrected chi connectivity index (χ2v) is 4.40. The lowest BCUT2D eigenvalue weighted by atomic mass is 10.1. The predicted molar refractivity (Wildman–Crippen MR) is 64.3 cm³/mol. The average molecular weight is 242 g/mol. The largest absolute Gasteiger partial charge is 0.395 e. The second kappa shape index (κ2) is 7.27. The minimum atomic E-state index is -0.132. The Morgan fingerprint density at radius 1 is 1.35 bits per heavy atom. The molecule has 1 saturated carbocycles. The van der Waals surface area contributed by atoms with Gasteiger partial charge in [-0.15, -0.1) is 0 Å². The first kappa shape index (κ1) is 14.0. The molecule has 0 aromatic carbocycles. The average Bonchev–Trinajstić information content (AvgIpc) is 2.86. The van der Waals surface area contributed by atoms with Crippen LogP contribution in [0.1, 0.15) is 32.6 Å². The van der Waals surface area contributed by atoms with Crippen LogP contribution in [0.3, 0.4) is 0 Å². The molecular weight excluding hydrogens is 220 g/mol. The van der Waals surface area contributed by atoms with Gasteiger partial charge in [0.15, 0.2) is 0 Å². The fourth-order valence-electron chi connectivity index (χ4n) is 2.19. The molecule has 0 aromatic heterocycles. The van der Waals surface area contributed by atoms with Crippen LogP contribution in [0.5, 0.6) is 0 Å². The van der Waals surface area contributed by atoms with Crippen molar-refractivity contribution in [3.05, 3.63) is 0 Å². The summed E-state index contributed by atoms with van der Waals surface area (Å²) in [5.41, 5.74) is 0. The molecule has 0 unspecified atom stereocenters. The maximum Gasteiger partial charge on any atom is 0.242 e. The van der Waals surface area contributed by atoms with Gasteiger partial charge in [-0.3, -0.25) is 9.59 Å². The first-order valence-corrected chi connectivity index (χ1v) is 6.35. The van der Waals surface area contributed by atoms with Gasteiger partial charge in [-0.25, -0.2) is 0 Å². The van der Waals surface area contributed by atoms with E-state index in [0.29, 0.717) is 13.1 Å². The zero-order valence-corrected chi connectivity index (χ0v) is 10.4. The van der Waals surface area contributed by atoms with Gasteiger partial charge in [0.25, 0.3) is 0 Å². The Bertz CT molecular complexity index is 262. The van der Waals surface area contributed by atoms with Crippen molar-refractivity contribution in [1.29, 1.82) is 0 Å². The maximum atomic E-state index is 11.7. The van der Waals surface area contributed by atoms with Gasteiger partial charge in [-0.05, 0) is 19.8 Å². The highest BCUT2D eigenvalue weighted by Gasteiger charge is 2.23. The van der Waals surface area contributed by atoms with Gasteiger partial charge >= 0.3 is 0 Å². The second-order valence-electron chi connectivity index (χ2n) is 4.40. The van der Waals surface area contributed by atoms with Gasteiger partial charge in [-0.1, -0.05) is 12.8 Å². The molecule has 1 aliphatic rings. The normalized spacial score (nSPS) is 15.9. The summed E-state index contributed by atoms with van der Waals surface area (Å²) in [6.45, 7) is 2.74. The van der Waals surface area contributed by atoms with E-state index in [4.69, 9.17) is 5.11 Å². The van der Waals surface area contributed by atoms with E-state index in [0.717, 1.165) is 25.7 Å². The van der Waals surface area contributed by atoms with Crippen LogP contribution >= 0.6 is 0 Å². The number of nitrogens with zero attached hydrogens (tertiary/aromatic N) is 1. The van der Waals surface area contributed by atoms with E-state index >= 15 is 0 Å². The number of carbonyl (C=O) groups is 2. The van der Waals surface area contributed by atoms with E-state index < -0.39 is 0 Å². The molecule has 5 nitrogen and oxygen atoms in total. The zero-order valence-electron chi connectivity index (χ0n) is 10.4. The van der Waals surface area contributed by atoms with Crippen molar-refractivity contribution in [2.75, 3.05) is 26.2 Å². The number of rotatable bonds is 6. The maximum absolute atomic E-state index is 11.7. The van der Waals surface area contributed by atoms with Crippen molar-refractivity contribution in [1.82, 2.24) is 10.2 Å². The van der Waals surface area contributed by atoms with Gasteiger partial charge in [0.1, 0.15) is 0 Å². The molecule has 0 aromatic rings. The van der Waals surface area contributed by atoms with Crippen LogP contribution in [-0.4, -0.2) is 48.1 Å². The van der Waals surface area contributed by atoms with E-state index in [1.165, 1.54) is 4.90 Å². The monoisotopic (exact) mass is 242 g/mol. The van der Waals surface area contributed by atoms with Crippen molar-refractivity contribution in [2.45, 2.75) is 32.6 Å². The van der Waals surface area contributed by atoms with Crippen molar-refractivity contribution < 1.29 is 14.7 Å². The minimum Gasteiger partial charge on any atom is -0.395 e. The topological polar surface area (TPSA) is 69.6 Å². The highest BCUT2D eigenvalue weighted by molar-refractivity contribution is 5.85. The summed E-state index contributed by atoms with van der Waals surface area (Å²) in [5.74, 6) is -0.0421. The van der Waals surface area contributed by atoms with E-state index in [2.05, 4.69) is 5.32 Å². The Balaban J connectivity index is 2.28. The molecule has 0 saturated heterocycles. The fraction of sp³-hybridized carbons (Fsp3) is 0.833. The van der Waals surface area contributed by atoms with E-state index in [1.54, 1.807) is 0 Å². The number of hydrogen-bond acceptors (Lipinski definition) is 3. The first-order valence-electron chi connectivity index (χ1n) is 6.35. The van der Waals surface area contributed by atoms with Crippen LogP contribution in [0, 0.1) is 5.92 Å². The van der Waals surface area contributed by atoms with Crippen LogP contribution in [-0.2, 0) is 9.59 Å². The molecule has 17 heavy (non-hydrogen) atoms. The molecule has 5 heteroatoms. The molecular formula is C12H22N2O3. The molecule has 0 heterocycles. The molecule has 2 N–H and O–H groups in total. The Hall–Kier alpha value is -1.10. The van der Waals surface area contributed by atoms with Crippen molar-refractivity contribution in [3.63, 3.8) is 0 Å². The third kappa shape index (κ3) is 4.34. The molecule has 0 atom stereocenters. The Labute approximate surface area is 102 Å². The summed E-state index contributed by atoms with van der Waals surface area (Å²) in [6.07, 6.45) is 4.09. The molecule has 0 spiro atoms. The molecule has 1 rings (SSSR count). The summed E-state index contributed by atoms with van der Waals surface area (Å²) < 4.78 is 0. The Kier molecular flexibility index (Phi) is 5.97. The SMILES string of the molecule is CCN(CCO)C(=O)CNC(=O)C1CCCC1. The van der Waals surface area contributed by atoms with Crippen LogP contribution in [0.15, 0.2) is 0 Å². The summed E-state index contributed by atoms with van der Waals surface area (Å²) in [5, 5.41) is 11.5. The van der Waals surface area contributed by atoms with E-state index in [-0.39, 0.29) is 30.9 Å². The predicted octanol–water partition coefficient (Wildman–Crippen LogP) is 0.134. The third-order valence-corrected chi connectivity index (χ3v) is 3.24.